The van der Waals surface area contributed by atoms with Gasteiger partial charge in [0.05, 0.1) is 33.4 Å². The number of hydrogen-bond acceptors (Lipinski definition) is 9. The Labute approximate surface area is 278 Å². The Morgan fingerprint density at radius 1 is 1.00 bits per heavy atom. The average Bonchev–Trinajstić information content (AvgIpc) is 3.41. The summed E-state index contributed by atoms with van der Waals surface area (Å²) in [5, 5.41) is 10.9. The molecule has 0 saturated heterocycles. The highest BCUT2D eigenvalue weighted by molar-refractivity contribution is 7.98. The number of carbonyl (C=O) groups is 1. The summed E-state index contributed by atoms with van der Waals surface area (Å²) < 4.78 is 13.5. The zero-order chi connectivity index (χ0) is 32.9. The molecule has 236 valence electrons. The van der Waals surface area contributed by atoms with Crippen molar-refractivity contribution in [3.63, 3.8) is 0 Å². The summed E-state index contributed by atoms with van der Waals surface area (Å²) in [5.74, 6) is 0.0925. The monoisotopic (exact) mass is 663 g/mol. The van der Waals surface area contributed by atoms with Gasteiger partial charge in [-0.3, -0.25) is 19.5 Å². The summed E-state index contributed by atoms with van der Waals surface area (Å²) >= 11 is 2.87. The lowest BCUT2D eigenvalue weighted by Crippen LogP contribution is -2.40. The molecule has 0 saturated carbocycles. The fraction of sp³-hybridized carbons (Fsp3) is 0.139. The molecule has 11 heteroatoms. The van der Waals surface area contributed by atoms with E-state index in [1.807, 2.05) is 73.0 Å². The first-order valence-corrected chi connectivity index (χ1v) is 16.8. The molecule has 1 unspecified atom stereocenters. The number of non-ortho nitro benzene ring substituents is 1. The van der Waals surface area contributed by atoms with Crippen molar-refractivity contribution >= 4 is 46.5 Å². The lowest BCUT2D eigenvalue weighted by atomic mass is 9.93. The van der Waals surface area contributed by atoms with E-state index in [0.717, 1.165) is 27.1 Å². The van der Waals surface area contributed by atoms with E-state index in [2.05, 4.69) is 0 Å². The zero-order valence-electron chi connectivity index (χ0n) is 25.5. The van der Waals surface area contributed by atoms with Gasteiger partial charge in [-0.05, 0) is 72.3 Å². The normalized spacial score (nSPS) is 14.3. The van der Waals surface area contributed by atoms with Gasteiger partial charge in [0.15, 0.2) is 4.80 Å². The number of benzene rings is 4. The molecule has 0 bridgehead atoms. The number of rotatable bonds is 10. The van der Waals surface area contributed by atoms with Crippen LogP contribution in [0.15, 0.2) is 123 Å². The van der Waals surface area contributed by atoms with Gasteiger partial charge in [0.25, 0.3) is 11.2 Å². The Bertz CT molecular complexity index is 2140. The first kappa shape index (κ1) is 31.7. The van der Waals surface area contributed by atoms with Crippen LogP contribution in [0.2, 0.25) is 0 Å². The van der Waals surface area contributed by atoms with Crippen LogP contribution in [0.5, 0.6) is 5.75 Å². The summed E-state index contributed by atoms with van der Waals surface area (Å²) in [4.78, 5) is 44.6. The van der Waals surface area contributed by atoms with Gasteiger partial charge in [-0.1, -0.05) is 65.9 Å². The number of aromatic nitrogens is 1. The maximum atomic E-state index is 14.1. The van der Waals surface area contributed by atoms with Crippen molar-refractivity contribution in [2.24, 2.45) is 4.99 Å². The maximum Gasteiger partial charge on any atom is 0.338 e. The van der Waals surface area contributed by atoms with Crippen molar-refractivity contribution in [1.29, 1.82) is 0 Å². The van der Waals surface area contributed by atoms with E-state index < -0.39 is 16.9 Å². The second-order valence-electron chi connectivity index (χ2n) is 10.5. The van der Waals surface area contributed by atoms with Crippen molar-refractivity contribution in [2.45, 2.75) is 24.5 Å². The van der Waals surface area contributed by atoms with Crippen LogP contribution in [0.25, 0.3) is 11.8 Å². The van der Waals surface area contributed by atoms with E-state index in [1.165, 1.54) is 23.5 Å². The first-order chi connectivity index (χ1) is 22.9. The molecule has 0 N–H and O–H groups in total. The Kier molecular flexibility index (Phi) is 9.46. The topological polar surface area (TPSA) is 113 Å². The fourth-order valence-electron chi connectivity index (χ4n) is 5.23. The molecular weight excluding hydrogens is 635 g/mol. The Morgan fingerprint density at radius 2 is 1.70 bits per heavy atom. The van der Waals surface area contributed by atoms with Crippen LogP contribution in [-0.2, 0) is 16.1 Å². The van der Waals surface area contributed by atoms with Gasteiger partial charge in [-0.15, -0.1) is 11.8 Å². The van der Waals surface area contributed by atoms with E-state index in [9.17, 15) is 19.7 Å². The van der Waals surface area contributed by atoms with E-state index in [-0.39, 0.29) is 24.5 Å². The number of nitro benzene ring substituents is 1. The number of fused-ring (bicyclic) bond motifs is 1. The molecule has 1 aliphatic rings. The molecule has 9 nitrogen and oxygen atoms in total. The summed E-state index contributed by atoms with van der Waals surface area (Å²) in [5.41, 5.74) is 3.66. The van der Waals surface area contributed by atoms with Gasteiger partial charge in [0.2, 0.25) is 0 Å². The molecule has 1 aromatic heterocycles. The molecule has 1 atom stereocenters. The number of hydrogen-bond donors (Lipinski definition) is 0. The molecule has 1 aliphatic heterocycles. The van der Waals surface area contributed by atoms with Crippen LogP contribution in [0, 0.1) is 10.1 Å². The summed E-state index contributed by atoms with van der Waals surface area (Å²) in [6.45, 7) is 2.19. The minimum Gasteiger partial charge on any atom is -0.489 e. The molecule has 6 rings (SSSR count). The maximum absolute atomic E-state index is 14.1. The van der Waals surface area contributed by atoms with Crippen molar-refractivity contribution in [3.8, 4) is 5.75 Å². The molecule has 4 aromatic carbocycles. The van der Waals surface area contributed by atoms with Crippen molar-refractivity contribution in [2.75, 3.05) is 12.9 Å². The molecular formula is C36H29N3O6S2. The van der Waals surface area contributed by atoms with E-state index in [0.29, 0.717) is 26.4 Å². The second-order valence-corrected chi connectivity index (χ2v) is 12.4. The number of nitro groups is 1. The minimum atomic E-state index is -0.742. The van der Waals surface area contributed by atoms with Gasteiger partial charge < -0.3 is 9.47 Å². The van der Waals surface area contributed by atoms with Crippen LogP contribution >= 0.6 is 23.1 Å². The number of ether oxygens (including phenoxy) is 2. The molecule has 0 fully saturated rings. The molecule has 5 aromatic rings. The molecule has 0 amide bonds. The molecule has 0 spiro atoms. The van der Waals surface area contributed by atoms with Crippen LogP contribution in [0.1, 0.15) is 35.2 Å². The number of thioether (sulfide) groups is 1. The van der Waals surface area contributed by atoms with Crippen molar-refractivity contribution < 1.29 is 19.2 Å². The number of nitrogens with zero attached hydrogens (tertiary/aromatic N) is 3. The highest BCUT2D eigenvalue weighted by Gasteiger charge is 2.35. The van der Waals surface area contributed by atoms with Gasteiger partial charge in [-0.25, -0.2) is 9.79 Å². The Balaban J connectivity index is 1.39. The highest BCUT2D eigenvalue weighted by atomic mass is 32.2. The smallest absolute Gasteiger partial charge is 0.338 e. The van der Waals surface area contributed by atoms with Crippen molar-refractivity contribution in [3.05, 3.63) is 161 Å². The van der Waals surface area contributed by atoms with Crippen LogP contribution in [0.3, 0.4) is 0 Å². The van der Waals surface area contributed by atoms with Crippen LogP contribution in [-0.4, -0.2) is 28.3 Å². The third kappa shape index (κ3) is 6.81. The zero-order valence-corrected chi connectivity index (χ0v) is 27.1. The van der Waals surface area contributed by atoms with E-state index >= 15 is 0 Å². The van der Waals surface area contributed by atoms with Crippen LogP contribution in [0.4, 0.5) is 5.69 Å². The van der Waals surface area contributed by atoms with Crippen molar-refractivity contribution in [1.82, 2.24) is 4.57 Å². The largest absolute Gasteiger partial charge is 0.489 e. The van der Waals surface area contributed by atoms with Gasteiger partial charge in [0.1, 0.15) is 12.4 Å². The minimum absolute atomic E-state index is 0.0246. The Hall–Kier alpha value is -5.26. The van der Waals surface area contributed by atoms with Crippen LogP contribution < -0.4 is 19.6 Å². The average molecular weight is 664 g/mol. The third-order valence-corrected chi connectivity index (χ3v) is 9.26. The summed E-state index contributed by atoms with van der Waals surface area (Å²) in [6, 6.07) is 30.1. The number of esters is 1. The van der Waals surface area contributed by atoms with E-state index in [4.69, 9.17) is 14.5 Å². The summed E-state index contributed by atoms with van der Waals surface area (Å²) in [6.07, 6.45) is 3.79. The lowest BCUT2D eigenvalue weighted by molar-refractivity contribution is -0.384. The fourth-order valence-corrected chi connectivity index (χ4v) is 6.64. The van der Waals surface area contributed by atoms with Gasteiger partial charge in [0, 0.05) is 22.6 Å². The quantitative estimate of drug-likeness (QED) is 0.0763. The highest BCUT2D eigenvalue weighted by Crippen LogP contribution is 2.35. The van der Waals surface area contributed by atoms with E-state index in [1.54, 1.807) is 53.6 Å². The second kappa shape index (κ2) is 14.0. The summed E-state index contributed by atoms with van der Waals surface area (Å²) in [7, 11) is 0. The predicted molar refractivity (Wildman–Crippen MR) is 183 cm³/mol. The molecule has 0 aliphatic carbocycles. The molecule has 47 heavy (non-hydrogen) atoms. The first-order valence-electron chi connectivity index (χ1n) is 14.7. The number of carbonyl (C=O) groups excluding carboxylic acids is 1. The SMILES string of the molecule is CCOC(=O)C1=C(c2ccccc2)N=c2s/c(=C\c3ccc(OCc4ccc([N+](=O)[O-])cc4)cc3)c(=O)n2C1c1ccc(SC)cc1. The van der Waals surface area contributed by atoms with Gasteiger partial charge >= 0.3 is 5.97 Å². The number of thiazole rings is 1. The Morgan fingerprint density at radius 3 is 2.34 bits per heavy atom. The molecule has 0 radical (unpaired) electrons. The standard InChI is InChI=1S/C36H29N3O6S2/c1-3-44-35(41)31-32(25-7-5-4-6-8-25)37-36-38(33(31)26-13-19-29(46-2)20-14-26)34(40)30(47-36)21-23-11-17-28(18-12-23)45-22-24-9-15-27(16-10-24)39(42)43/h4-21,33H,3,22H2,1-2H3/b30-21-. The predicted octanol–water partition coefficient (Wildman–Crippen LogP) is 6.14. The van der Waals surface area contributed by atoms with Gasteiger partial charge in [-0.2, -0.15) is 0 Å². The molecule has 2 heterocycles. The third-order valence-electron chi connectivity index (χ3n) is 7.54. The lowest BCUT2D eigenvalue weighted by Gasteiger charge is -2.26.